The second-order valence-electron chi connectivity index (χ2n) is 4.91. The summed E-state index contributed by atoms with van der Waals surface area (Å²) in [6.45, 7) is 2.81. The minimum atomic E-state index is -1.23. The summed E-state index contributed by atoms with van der Waals surface area (Å²) in [5, 5.41) is 11.2. The van der Waals surface area contributed by atoms with Crippen molar-refractivity contribution in [2.75, 3.05) is 6.61 Å². The average Bonchev–Trinajstić information content (AvgIpc) is 2.38. The maximum Gasteiger partial charge on any atom is 0.253 e. The smallest absolute Gasteiger partial charge is 0.253 e. The zero-order valence-electron chi connectivity index (χ0n) is 11.9. The highest BCUT2D eigenvalue weighted by atomic mass is 19.1. The van der Waals surface area contributed by atoms with Crippen molar-refractivity contribution < 1.29 is 19.1 Å². The SMILES string of the molecule is CC(C)(NC(=O)c1ccc(F)cc1C#CCCO)C(N)=O. The summed E-state index contributed by atoms with van der Waals surface area (Å²) in [5.41, 5.74) is 4.27. The molecular weight excluding hydrogens is 275 g/mol. The van der Waals surface area contributed by atoms with Crippen molar-refractivity contribution in [3.8, 4) is 11.8 Å². The van der Waals surface area contributed by atoms with Gasteiger partial charge in [0.2, 0.25) is 5.91 Å². The Morgan fingerprint density at radius 2 is 2.10 bits per heavy atom. The lowest BCUT2D eigenvalue weighted by Crippen LogP contribution is -2.53. The molecule has 21 heavy (non-hydrogen) atoms. The number of carbonyl (C=O) groups excluding carboxylic acids is 2. The molecule has 1 aromatic carbocycles. The summed E-state index contributed by atoms with van der Waals surface area (Å²) in [5.74, 6) is 3.45. The van der Waals surface area contributed by atoms with Crippen LogP contribution in [0.2, 0.25) is 0 Å². The lowest BCUT2D eigenvalue weighted by Gasteiger charge is -2.22. The number of hydrogen-bond donors (Lipinski definition) is 3. The van der Waals surface area contributed by atoms with E-state index < -0.39 is 23.2 Å². The first-order valence-electron chi connectivity index (χ1n) is 6.29. The van der Waals surface area contributed by atoms with Gasteiger partial charge in [-0.15, -0.1) is 0 Å². The van der Waals surface area contributed by atoms with Crippen molar-refractivity contribution in [2.24, 2.45) is 5.73 Å². The monoisotopic (exact) mass is 292 g/mol. The molecule has 0 aromatic heterocycles. The number of benzene rings is 1. The molecule has 0 aliphatic rings. The van der Waals surface area contributed by atoms with Gasteiger partial charge in [-0.05, 0) is 32.0 Å². The largest absolute Gasteiger partial charge is 0.395 e. The molecule has 0 saturated heterocycles. The van der Waals surface area contributed by atoms with Gasteiger partial charge in [-0.25, -0.2) is 4.39 Å². The van der Waals surface area contributed by atoms with Crippen LogP contribution in [0.4, 0.5) is 4.39 Å². The van der Waals surface area contributed by atoms with Gasteiger partial charge in [0.15, 0.2) is 0 Å². The quantitative estimate of drug-likeness (QED) is 0.708. The Hall–Kier alpha value is -2.39. The molecule has 1 rings (SSSR count). The number of halogens is 1. The molecule has 0 aliphatic carbocycles. The van der Waals surface area contributed by atoms with E-state index in [1.807, 2.05) is 0 Å². The van der Waals surface area contributed by atoms with Crippen LogP contribution in [0.3, 0.4) is 0 Å². The van der Waals surface area contributed by atoms with E-state index in [1.165, 1.54) is 19.9 Å². The fraction of sp³-hybridized carbons (Fsp3) is 0.333. The van der Waals surface area contributed by atoms with E-state index >= 15 is 0 Å². The van der Waals surface area contributed by atoms with Crippen molar-refractivity contribution in [1.82, 2.24) is 5.32 Å². The first-order chi connectivity index (χ1) is 9.77. The molecule has 2 amide bonds. The molecule has 0 spiro atoms. The van der Waals surface area contributed by atoms with Gasteiger partial charge in [-0.3, -0.25) is 9.59 Å². The Morgan fingerprint density at radius 3 is 2.67 bits per heavy atom. The van der Waals surface area contributed by atoms with Crippen LogP contribution in [0.15, 0.2) is 18.2 Å². The first kappa shape index (κ1) is 16.7. The van der Waals surface area contributed by atoms with Crippen molar-refractivity contribution in [3.05, 3.63) is 35.1 Å². The molecule has 0 bridgehead atoms. The van der Waals surface area contributed by atoms with Crippen LogP contribution in [-0.4, -0.2) is 29.1 Å². The molecular formula is C15H17FN2O3. The number of aliphatic hydroxyl groups excluding tert-OH is 1. The summed E-state index contributed by atoms with van der Waals surface area (Å²) in [7, 11) is 0. The van der Waals surface area contributed by atoms with Crippen LogP contribution >= 0.6 is 0 Å². The number of amides is 2. The molecule has 0 atom stereocenters. The summed E-state index contributed by atoms with van der Waals surface area (Å²) in [6, 6.07) is 3.53. The molecule has 0 aliphatic heterocycles. The number of nitrogens with two attached hydrogens (primary N) is 1. The molecule has 112 valence electrons. The second-order valence-corrected chi connectivity index (χ2v) is 4.91. The maximum atomic E-state index is 13.3. The van der Waals surface area contributed by atoms with E-state index in [0.717, 1.165) is 12.1 Å². The lowest BCUT2D eigenvalue weighted by atomic mass is 10.0. The van der Waals surface area contributed by atoms with Crippen molar-refractivity contribution in [1.29, 1.82) is 0 Å². The number of nitrogens with one attached hydrogen (secondary N) is 1. The van der Waals surface area contributed by atoms with E-state index in [2.05, 4.69) is 17.2 Å². The van der Waals surface area contributed by atoms with Crippen LogP contribution in [0.25, 0.3) is 0 Å². The Bertz CT molecular complexity index is 615. The second kappa shape index (κ2) is 6.86. The Labute approximate surface area is 122 Å². The van der Waals surface area contributed by atoms with Gasteiger partial charge >= 0.3 is 0 Å². The molecule has 0 radical (unpaired) electrons. The molecule has 1 aromatic rings. The summed E-state index contributed by atoms with van der Waals surface area (Å²) in [4.78, 5) is 23.4. The van der Waals surface area contributed by atoms with Crippen LogP contribution in [-0.2, 0) is 4.79 Å². The zero-order valence-corrected chi connectivity index (χ0v) is 11.9. The predicted octanol–water partition coefficient (Wildman–Crippen LogP) is 0.553. The average molecular weight is 292 g/mol. The first-order valence-corrected chi connectivity index (χ1v) is 6.29. The van der Waals surface area contributed by atoms with Crippen molar-refractivity contribution >= 4 is 11.8 Å². The van der Waals surface area contributed by atoms with Gasteiger partial charge < -0.3 is 16.2 Å². The highest BCUT2D eigenvalue weighted by Crippen LogP contribution is 2.12. The van der Waals surface area contributed by atoms with Crippen molar-refractivity contribution in [2.45, 2.75) is 25.8 Å². The zero-order chi connectivity index (χ0) is 16.0. The summed E-state index contributed by atoms with van der Waals surface area (Å²) >= 11 is 0. The van der Waals surface area contributed by atoms with E-state index in [0.29, 0.717) is 0 Å². The Balaban J connectivity index is 3.10. The number of primary amides is 1. The van der Waals surface area contributed by atoms with Gasteiger partial charge in [0, 0.05) is 12.0 Å². The molecule has 5 nitrogen and oxygen atoms in total. The highest BCUT2D eigenvalue weighted by molar-refractivity contribution is 6.00. The molecule has 0 fully saturated rings. The molecule has 0 saturated carbocycles. The predicted molar refractivity (Wildman–Crippen MR) is 75.7 cm³/mol. The number of carbonyl (C=O) groups is 2. The summed E-state index contributed by atoms with van der Waals surface area (Å²) < 4.78 is 13.3. The van der Waals surface area contributed by atoms with Crippen LogP contribution < -0.4 is 11.1 Å². The van der Waals surface area contributed by atoms with E-state index in [4.69, 9.17) is 10.8 Å². The summed E-state index contributed by atoms with van der Waals surface area (Å²) in [6.07, 6.45) is 0.213. The fourth-order valence-corrected chi connectivity index (χ4v) is 1.44. The molecule has 4 N–H and O–H groups in total. The third-order valence-corrected chi connectivity index (χ3v) is 2.73. The van der Waals surface area contributed by atoms with Crippen LogP contribution in [0, 0.1) is 17.7 Å². The van der Waals surface area contributed by atoms with E-state index in [9.17, 15) is 14.0 Å². The number of rotatable bonds is 4. The van der Waals surface area contributed by atoms with Gasteiger partial charge in [-0.1, -0.05) is 11.8 Å². The fourth-order valence-electron chi connectivity index (χ4n) is 1.44. The normalized spacial score (nSPS) is 10.5. The number of aliphatic hydroxyl groups is 1. The van der Waals surface area contributed by atoms with Gasteiger partial charge in [0.25, 0.3) is 5.91 Å². The lowest BCUT2D eigenvalue weighted by molar-refractivity contribution is -0.122. The van der Waals surface area contributed by atoms with Crippen LogP contribution in [0.5, 0.6) is 0 Å². The standard InChI is InChI=1S/C15H17FN2O3/c1-15(2,14(17)21)18-13(20)12-7-6-11(16)9-10(12)5-3-4-8-19/h6-7,9,19H,4,8H2,1-2H3,(H2,17,21)(H,18,20). The van der Waals surface area contributed by atoms with E-state index in [-0.39, 0.29) is 24.2 Å². The molecule has 6 heteroatoms. The Morgan fingerprint density at radius 1 is 1.43 bits per heavy atom. The van der Waals surface area contributed by atoms with Gasteiger partial charge in [0.05, 0.1) is 12.2 Å². The maximum absolute atomic E-state index is 13.3. The minimum absolute atomic E-state index is 0.126. The Kier molecular flexibility index (Phi) is 5.44. The highest BCUT2D eigenvalue weighted by Gasteiger charge is 2.28. The van der Waals surface area contributed by atoms with Crippen molar-refractivity contribution in [3.63, 3.8) is 0 Å². The third-order valence-electron chi connectivity index (χ3n) is 2.73. The van der Waals surface area contributed by atoms with Gasteiger partial charge in [0.1, 0.15) is 11.4 Å². The third kappa shape index (κ3) is 4.58. The number of hydrogen-bond acceptors (Lipinski definition) is 3. The molecule has 0 unspecified atom stereocenters. The minimum Gasteiger partial charge on any atom is -0.395 e. The topological polar surface area (TPSA) is 92.4 Å². The molecule has 0 heterocycles. The van der Waals surface area contributed by atoms with Crippen LogP contribution in [0.1, 0.15) is 36.2 Å². The van der Waals surface area contributed by atoms with E-state index in [1.54, 1.807) is 0 Å². The van der Waals surface area contributed by atoms with Gasteiger partial charge in [-0.2, -0.15) is 0 Å².